The Kier molecular flexibility index (Phi) is 5.24. The maximum absolute atomic E-state index is 14.2. The number of piperidine rings is 1. The number of hydrogen-bond acceptors (Lipinski definition) is 6. The highest BCUT2D eigenvalue weighted by Crippen LogP contribution is 2.54. The Morgan fingerprint density at radius 1 is 1.14 bits per heavy atom. The third-order valence-electron chi connectivity index (χ3n) is 6.27. The molecule has 8 nitrogen and oxygen atoms in total. The van der Waals surface area contributed by atoms with Crippen LogP contribution in [-0.2, 0) is 4.74 Å². The molecule has 1 saturated heterocycles. The minimum atomic E-state index is -0.908. The fourth-order valence-electron chi connectivity index (χ4n) is 4.63. The van der Waals surface area contributed by atoms with Gasteiger partial charge in [0, 0.05) is 31.0 Å². The first-order chi connectivity index (χ1) is 16.6. The average molecular weight is 480 g/mol. The lowest BCUT2D eigenvalue weighted by Crippen LogP contribution is -2.37. The molecule has 5 rings (SSSR count). The zero-order valence-corrected chi connectivity index (χ0v) is 19.3. The predicted molar refractivity (Wildman–Crippen MR) is 121 cm³/mol. The van der Waals surface area contributed by atoms with E-state index in [1.165, 1.54) is 24.5 Å². The zero-order valence-electron chi connectivity index (χ0n) is 19.3. The average Bonchev–Trinajstić information content (AvgIpc) is 3.27. The van der Waals surface area contributed by atoms with Gasteiger partial charge in [-0.1, -0.05) is 0 Å². The van der Waals surface area contributed by atoms with Crippen LogP contribution < -0.4 is 10.3 Å². The smallest absolute Gasteiger partial charge is 0.410 e. The van der Waals surface area contributed by atoms with Crippen molar-refractivity contribution in [2.24, 2.45) is 11.8 Å². The lowest BCUT2D eigenvalue weighted by atomic mass is 10.2. The third-order valence-corrected chi connectivity index (χ3v) is 6.27. The summed E-state index contributed by atoms with van der Waals surface area (Å²) < 4.78 is 40.6. The van der Waals surface area contributed by atoms with Crippen LogP contribution in [0.25, 0.3) is 10.9 Å². The summed E-state index contributed by atoms with van der Waals surface area (Å²) in [6.07, 6.45) is 1.13. The monoisotopic (exact) mass is 480 g/mol. The van der Waals surface area contributed by atoms with Gasteiger partial charge >= 0.3 is 6.09 Å². The summed E-state index contributed by atoms with van der Waals surface area (Å²) in [5, 5.41) is 9.42. The molecule has 2 fully saturated rings. The van der Waals surface area contributed by atoms with E-state index in [1.54, 1.807) is 15.5 Å². The van der Waals surface area contributed by atoms with Crippen LogP contribution in [0.5, 0.6) is 11.5 Å². The summed E-state index contributed by atoms with van der Waals surface area (Å²) in [4.78, 5) is 31.6. The number of nitriles is 1. The normalized spacial score (nSPS) is 20.9. The minimum absolute atomic E-state index is 0.0715. The van der Waals surface area contributed by atoms with Gasteiger partial charge in [0.25, 0.3) is 5.56 Å². The number of benzene rings is 2. The van der Waals surface area contributed by atoms with Crippen molar-refractivity contribution in [3.8, 4) is 17.6 Å². The van der Waals surface area contributed by atoms with Crippen LogP contribution in [0.1, 0.15) is 32.4 Å². The fraction of sp³-hybridized carbons (Fsp3) is 0.360. The summed E-state index contributed by atoms with van der Waals surface area (Å²) in [6.45, 7) is 6.42. The molecule has 2 heterocycles. The van der Waals surface area contributed by atoms with E-state index in [1.807, 2.05) is 20.8 Å². The molecule has 3 aromatic rings. The number of nitrogens with zero attached hydrogens (tertiary/aromatic N) is 4. The Morgan fingerprint density at radius 2 is 1.83 bits per heavy atom. The molecule has 180 valence electrons. The van der Waals surface area contributed by atoms with E-state index in [4.69, 9.17) is 9.47 Å². The molecule has 1 aromatic heterocycles. The maximum atomic E-state index is 14.2. The Balaban J connectivity index is 1.39. The fourth-order valence-corrected chi connectivity index (χ4v) is 4.63. The van der Waals surface area contributed by atoms with E-state index in [0.29, 0.717) is 18.6 Å². The van der Waals surface area contributed by atoms with Crippen molar-refractivity contribution in [2.45, 2.75) is 32.4 Å². The molecular weight excluding hydrogens is 458 g/mol. The Labute approximate surface area is 199 Å². The van der Waals surface area contributed by atoms with Crippen LogP contribution in [0.3, 0.4) is 0 Å². The van der Waals surface area contributed by atoms with Crippen molar-refractivity contribution < 1.29 is 23.0 Å². The lowest BCUT2D eigenvalue weighted by Gasteiger charge is -2.26. The van der Waals surface area contributed by atoms with Crippen molar-refractivity contribution >= 4 is 17.0 Å². The first-order valence-corrected chi connectivity index (χ1v) is 11.1. The standard InChI is InChI=1S/C25H22F2N4O4/c1-25(2,3)35-24(33)30-10-16-17(11-30)21(16)31-12-29-20-7-4-13(8-14(20)23(31)32)34-22-15(9-28)18(26)5-6-19(22)27/h4-8,12,16-17,21H,10-11H2,1-3H3/t16-,17+,21+. The van der Waals surface area contributed by atoms with E-state index in [0.717, 1.165) is 12.1 Å². The van der Waals surface area contributed by atoms with E-state index in [-0.39, 0.29) is 40.7 Å². The molecule has 0 bridgehead atoms. The van der Waals surface area contributed by atoms with Gasteiger partial charge in [-0.3, -0.25) is 9.36 Å². The first-order valence-electron chi connectivity index (χ1n) is 11.1. The van der Waals surface area contributed by atoms with E-state index in [9.17, 15) is 23.6 Å². The number of halogens is 2. The topological polar surface area (TPSA) is 97.4 Å². The van der Waals surface area contributed by atoms with E-state index in [2.05, 4.69) is 4.98 Å². The number of hydrogen-bond donors (Lipinski definition) is 0. The lowest BCUT2D eigenvalue weighted by molar-refractivity contribution is 0.0266. The van der Waals surface area contributed by atoms with E-state index >= 15 is 0 Å². The van der Waals surface area contributed by atoms with Gasteiger partial charge in [0.15, 0.2) is 11.6 Å². The summed E-state index contributed by atoms with van der Waals surface area (Å²) in [7, 11) is 0. The SMILES string of the molecule is CC(C)(C)OC(=O)N1C[C@@H]2[C@H](C1)[C@H]2n1cnc2ccc(Oc3c(F)ccc(F)c3C#N)cc2c1=O. The van der Waals surface area contributed by atoms with Crippen LogP contribution in [0, 0.1) is 34.8 Å². The Bertz CT molecular complexity index is 1440. The van der Waals surface area contributed by atoms with Crippen molar-refractivity contribution in [1.82, 2.24) is 14.5 Å². The predicted octanol–water partition coefficient (Wildman–Crippen LogP) is 4.38. The van der Waals surface area contributed by atoms with Crippen LogP contribution >= 0.6 is 0 Å². The van der Waals surface area contributed by atoms with Crippen LogP contribution in [-0.4, -0.2) is 39.2 Å². The van der Waals surface area contributed by atoms with Crippen molar-refractivity contribution in [1.29, 1.82) is 5.26 Å². The molecule has 1 aliphatic carbocycles. The molecule has 0 N–H and O–H groups in total. The quantitative estimate of drug-likeness (QED) is 0.552. The van der Waals surface area contributed by atoms with Crippen molar-refractivity contribution in [3.63, 3.8) is 0 Å². The van der Waals surface area contributed by atoms with Gasteiger partial charge in [0.2, 0.25) is 0 Å². The second-order valence-corrected chi connectivity index (χ2v) is 9.79. The summed E-state index contributed by atoms with van der Waals surface area (Å²) >= 11 is 0. The molecule has 1 amide bonds. The van der Waals surface area contributed by atoms with Gasteiger partial charge in [-0.25, -0.2) is 18.6 Å². The molecule has 1 saturated carbocycles. The van der Waals surface area contributed by atoms with Gasteiger partial charge in [-0.2, -0.15) is 5.26 Å². The van der Waals surface area contributed by atoms with Gasteiger partial charge in [0.05, 0.1) is 17.2 Å². The van der Waals surface area contributed by atoms with Crippen LogP contribution in [0.4, 0.5) is 13.6 Å². The molecule has 1 aliphatic heterocycles. The molecule has 3 atom stereocenters. The van der Waals surface area contributed by atoms with Crippen LogP contribution in [0.15, 0.2) is 41.5 Å². The molecule has 0 unspecified atom stereocenters. The number of likely N-dealkylation sites (tertiary alicyclic amines) is 1. The number of amides is 1. The Morgan fingerprint density at radius 3 is 2.49 bits per heavy atom. The molecule has 10 heteroatoms. The molecule has 0 radical (unpaired) electrons. The van der Waals surface area contributed by atoms with Crippen molar-refractivity contribution in [3.05, 3.63) is 64.2 Å². The highest BCUT2D eigenvalue weighted by molar-refractivity contribution is 5.79. The maximum Gasteiger partial charge on any atom is 0.410 e. The number of carbonyl (C=O) groups is 1. The van der Waals surface area contributed by atoms with Crippen LogP contribution in [0.2, 0.25) is 0 Å². The number of carbonyl (C=O) groups excluding carboxylic acids is 1. The zero-order chi connectivity index (χ0) is 25.1. The van der Waals surface area contributed by atoms with Gasteiger partial charge in [0.1, 0.15) is 28.8 Å². The highest BCUT2D eigenvalue weighted by atomic mass is 19.1. The number of aromatic nitrogens is 2. The molecule has 2 aliphatic rings. The first kappa shape index (κ1) is 22.8. The van der Waals surface area contributed by atoms with Gasteiger partial charge in [-0.05, 0) is 51.1 Å². The second-order valence-electron chi connectivity index (χ2n) is 9.79. The molecule has 0 spiro atoms. The largest absolute Gasteiger partial charge is 0.453 e. The second kappa shape index (κ2) is 8.05. The number of fused-ring (bicyclic) bond motifs is 2. The Hall–Kier alpha value is -4.00. The molecular formula is C25H22F2N4O4. The minimum Gasteiger partial charge on any atom is -0.453 e. The highest BCUT2D eigenvalue weighted by Gasteiger charge is 2.58. The van der Waals surface area contributed by atoms with E-state index < -0.39 is 28.5 Å². The van der Waals surface area contributed by atoms with Crippen molar-refractivity contribution in [2.75, 3.05) is 13.1 Å². The van der Waals surface area contributed by atoms with Gasteiger partial charge < -0.3 is 14.4 Å². The number of ether oxygens (including phenoxy) is 2. The molecule has 2 aromatic carbocycles. The number of rotatable bonds is 3. The molecule has 35 heavy (non-hydrogen) atoms. The van der Waals surface area contributed by atoms with Gasteiger partial charge in [-0.15, -0.1) is 0 Å². The summed E-state index contributed by atoms with van der Waals surface area (Å²) in [5.41, 5.74) is -1.03. The summed E-state index contributed by atoms with van der Waals surface area (Å²) in [5.74, 6) is -2.03. The third kappa shape index (κ3) is 4.07. The summed E-state index contributed by atoms with van der Waals surface area (Å²) in [6, 6.07) is 7.63.